The zero-order valence-corrected chi connectivity index (χ0v) is 11.7. The van der Waals surface area contributed by atoms with Crippen LogP contribution in [-0.4, -0.2) is 31.6 Å². The summed E-state index contributed by atoms with van der Waals surface area (Å²) in [7, 11) is 0. The number of aromatic nitrogens is 3. The predicted octanol–water partition coefficient (Wildman–Crippen LogP) is 2.33. The maximum atomic E-state index is 10.6. The molecule has 6 heteroatoms. The fraction of sp³-hybridized carbons (Fsp3) is 0.727. The van der Waals surface area contributed by atoms with Gasteiger partial charge in [0.05, 0.1) is 5.75 Å². The van der Waals surface area contributed by atoms with Gasteiger partial charge in [-0.3, -0.25) is 4.79 Å². The van der Waals surface area contributed by atoms with Crippen LogP contribution in [0.25, 0.3) is 0 Å². The topological polar surface area (TPSA) is 68.0 Å². The van der Waals surface area contributed by atoms with E-state index in [2.05, 4.69) is 31.0 Å². The Bertz CT molecular complexity index is 407. The molecule has 96 valence electrons. The molecule has 17 heavy (non-hydrogen) atoms. The second-order valence-corrected chi connectivity index (χ2v) is 6.14. The Hall–Kier alpha value is -1.04. The Morgan fingerprint density at radius 3 is 2.41 bits per heavy atom. The lowest BCUT2D eigenvalue weighted by molar-refractivity contribution is -0.133. The molecule has 5 nitrogen and oxygen atoms in total. The SMILES string of the molecule is CC(C)n1c(SCC(=O)O)nnc1C(C)(C)C. The van der Waals surface area contributed by atoms with Crippen molar-refractivity contribution in [2.75, 3.05) is 5.75 Å². The molecule has 0 radical (unpaired) electrons. The summed E-state index contributed by atoms with van der Waals surface area (Å²) < 4.78 is 2.01. The quantitative estimate of drug-likeness (QED) is 0.838. The molecule has 1 rings (SSSR count). The first kappa shape index (κ1) is 14.0. The number of hydrogen-bond donors (Lipinski definition) is 1. The van der Waals surface area contributed by atoms with Crippen LogP contribution >= 0.6 is 11.8 Å². The molecule has 0 saturated heterocycles. The third-order valence-electron chi connectivity index (χ3n) is 2.18. The van der Waals surface area contributed by atoms with Gasteiger partial charge in [0, 0.05) is 11.5 Å². The van der Waals surface area contributed by atoms with Gasteiger partial charge in [0.15, 0.2) is 5.16 Å². The third-order valence-corrected chi connectivity index (χ3v) is 3.10. The van der Waals surface area contributed by atoms with E-state index >= 15 is 0 Å². The molecule has 1 aromatic heterocycles. The van der Waals surface area contributed by atoms with E-state index < -0.39 is 5.97 Å². The van der Waals surface area contributed by atoms with Crippen LogP contribution in [-0.2, 0) is 10.2 Å². The lowest BCUT2D eigenvalue weighted by atomic mass is 9.95. The summed E-state index contributed by atoms with van der Waals surface area (Å²) in [4.78, 5) is 10.6. The van der Waals surface area contributed by atoms with Gasteiger partial charge in [-0.05, 0) is 13.8 Å². The summed E-state index contributed by atoms with van der Waals surface area (Å²) in [5, 5.41) is 17.6. The van der Waals surface area contributed by atoms with E-state index in [1.807, 2.05) is 18.4 Å². The number of carboxylic acid groups (broad SMARTS) is 1. The average Bonchev–Trinajstić information content (AvgIpc) is 2.57. The maximum absolute atomic E-state index is 10.6. The summed E-state index contributed by atoms with van der Waals surface area (Å²) in [5.41, 5.74) is -0.0979. The summed E-state index contributed by atoms with van der Waals surface area (Å²) in [6, 6.07) is 0.218. The molecule has 0 saturated carbocycles. The van der Waals surface area contributed by atoms with E-state index in [1.54, 1.807) is 0 Å². The van der Waals surface area contributed by atoms with Gasteiger partial charge >= 0.3 is 5.97 Å². The van der Waals surface area contributed by atoms with Gasteiger partial charge in [0.25, 0.3) is 0 Å². The molecule has 0 unspecified atom stereocenters. The standard InChI is InChI=1S/C11H19N3O2S/c1-7(2)14-9(11(3,4)5)12-13-10(14)17-6-8(15)16/h7H,6H2,1-5H3,(H,15,16). The summed E-state index contributed by atoms with van der Waals surface area (Å²) in [6.45, 7) is 10.3. The van der Waals surface area contributed by atoms with Crippen molar-refractivity contribution in [3.05, 3.63) is 5.82 Å². The van der Waals surface area contributed by atoms with Gasteiger partial charge < -0.3 is 9.67 Å². The molecule has 1 aromatic rings. The third kappa shape index (κ3) is 3.46. The number of thioether (sulfide) groups is 1. The second kappa shape index (κ2) is 5.08. The number of carbonyl (C=O) groups is 1. The number of rotatable bonds is 4. The Kier molecular flexibility index (Phi) is 4.19. The highest BCUT2D eigenvalue weighted by Gasteiger charge is 2.25. The minimum Gasteiger partial charge on any atom is -0.481 e. The molecule has 0 aliphatic rings. The first-order valence-corrected chi connectivity index (χ1v) is 6.52. The molecule has 0 bridgehead atoms. The first-order valence-electron chi connectivity index (χ1n) is 5.53. The maximum Gasteiger partial charge on any atom is 0.313 e. The monoisotopic (exact) mass is 257 g/mol. The minimum absolute atomic E-state index is 0.00892. The van der Waals surface area contributed by atoms with Crippen molar-refractivity contribution in [3.63, 3.8) is 0 Å². The molecule has 0 aromatic carbocycles. The molecule has 1 N–H and O–H groups in total. The van der Waals surface area contributed by atoms with Crippen molar-refractivity contribution in [3.8, 4) is 0 Å². The van der Waals surface area contributed by atoms with Crippen LogP contribution in [0.2, 0.25) is 0 Å². The van der Waals surface area contributed by atoms with Crippen LogP contribution in [0.1, 0.15) is 46.5 Å². The van der Waals surface area contributed by atoms with Crippen LogP contribution < -0.4 is 0 Å². The molecular weight excluding hydrogens is 238 g/mol. The van der Waals surface area contributed by atoms with Gasteiger partial charge in [0.2, 0.25) is 0 Å². The molecule has 0 spiro atoms. The van der Waals surface area contributed by atoms with Gasteiger partial charge in [-0.2, -0.15) is 0 Å². The van der Waals surface area contributed by atoms with E-state index in [9.17, 15) is 4.79 Å². The van der Waals surface area contributed by atoms with Crippen LogP contribution in [0, 0.1) is 0 Å². The number of carboxylic acids is 1. The molecule has 1 heterocycles. The van der Waals surface area contributed by atoms with Crippen molar-refractivity contribution < 1.29 is 9.90 Å². The van der Waals surface area contributed by atoms with Crippen molar-refractivity contribution >= 4 is 17.7 Å². The lowest BCUT2D eigenvalue weighted by Gasteiger charge is -2.21. The first-order chi connectivity index (χ1) is 7.73. The van der Waals surface area contributed by atoms with E-state index in [0.29, 0.717) is 5.16 Å². The van der Waals surface area contributed by atoms with Crippen LogP contribution in [0.5, 0.6) is 0 Å². The smallest absolute Gasteiger partial charge is 0.313 e. The molecule has 0 amide bonds. The van der Waals surface area contributed by atoms with Gasteiger partial charge in [-0.15, -0.1) is 10.2 Å². The zero-order valence-electron chi connectivity index (χ0n) is 10.9. The van der Waals surface area contributed by atoms with E-state index in [4.69, 9.17) is 5.11 Å². The normalized spacial score (nSPS) is 12.1. The number of hydrogen-bond acceptors (Lipinski definition) is 4. The summed E-state index contributed by atoms with van der Waals surface area (Å²) in [6.07, 6.45) is 0. The van der Waals surface area contributed by atoms with Crippen LogP contribution in [0.3, 0.4) is 0 Å². The number of aliphatic carboxylic acids is 1. The van der Waals surface area contributed by atoms with Crippen molar-refractivity contribution in [1.82, 2.24) is 14.8 Å². The second-order valence-electron chi connectivity index (χ2n) is 5.20. The molecule has 0 atom stereocenters. The average molecular weight is 257 g/mol. The summed E-state index contributed by atoms with van der Waals surface area (Å²) in [5.74, 6) is 0.0562. The Morgan fingerprint density at radius 1 is 1.41 bits per heavy atom. The van der Waals surface area contributed by atoms with Gasteiger partial charge in [0.1, 0.15) is 5.82 Å². The van der Waals surface area contributed by atoms with Crippen LogP contribution in [0.15, 0.2) is 5.16 Å². The molecule has 0 aliphatic carbocycles. The highest BCUT2D eigenvalue weighted by Crippen LogP contribution is 2.28. The van der Waals surface area contributed by atoms with Crippen molar-refractivity contribution in [1.29, 1.82) is 0 Å². The predicted molar refractivity (Wildman–Crippen MR) is 67.5 cm³/mol. The Balaban J connectivity index is 3.07. The molecular formula is C11H19N3O2S. The van der Waals surface area contributed by atoms with E-state index in [0.717, 1.165) is 5.82 Å². The Morgan fingerprint density at radius 2 is 2.00 bits per heavy atom. The largest absolute Gasteiger partial charge is 0.481 e. The highest BCUT2D eigenvalue weighted by molar-refractivity contribution is 7.99. The van der Waals surface area contributed by atoms with Crippen LogP contribution in [0.4, 0.5) is 0 Å². The molecule has 0 aliphatic heterocycles. The fourth-order valence-electron chi connectivity index (χ4n) is 1.48. The molecule has 0 fully saturated rings. The zero-order chi connectivity index (χ0) is 13.2. The van der Waals surface area contributed by atoms with Crippen molar-refractivity contribution in [2.24, 2.45) is 0 Å². The Labute approximate surface area is 106 Å². The lowest BCUT2D eigenvalue weighted by Crippen LogP contribution is -2.20. The van der Waals surface area contributed by atoms with Gasteiger partial charge in [-0.1, -0.05) is 32.5 Å². The number of nitrogens with zero attached hydrogens (tertiary/aromatic N) is 3. The van der Waals surface area contributed by atoms with E-state index in [1.165, 1.54) is 11.8 Å². The van der Waals surface area contributed by atoms with Crippen molar-refractivity contribution in [2.45, 2.75) is 51.2 Å². The van der Waals surface area contributed by atoms with E-state index in [-0.39, 0.29) is 17.2 Å². The fourth-order valence-corrected chi connectivity index (χ4v) is 2.27. The minimum atomic E-state index is -0.842. The summed E-state index contributed by atoms with van der Waals surface area (Å²) >= 11 is 1.21. The van der Waals surface area contributed by atoms with Gasteiger partial charge in [-0.25, -0.2) is 0 Å². The highest BCUT2D eigenvalue weighted by atomic mass is 32.2.